The van der Waals surface area contributed by atoms with E-state index in [4.69, 9.17) is 16.9 Å². The second-order valence-corrected chi connectivity index (χ2v) is 7.99. The van der Waals surface area contributed by atoms with Gasteiger partial charge in [0.25, 0.3) is 0 Å². The number of nitriles is 1. The van der Waals surface area contributed by atoms with E-state index < -0.39 is 0 Å². The fourth-order valence-electron chi connectivity index (χ4n) is 2.33. The van der Waals surface area contributed by atoms with Crippen molar-refractivity contribution in [1.29, 1.82) is 5.26 Å². The molecule has 0 amide bonds. The number of rotatable bonds is 4. The summed E-state index contributed by atoms with van der Waals surface area (Å²) < 4.78 is 0. The van der Waals surface area contributed by atoms with Crippen molar-refractivity contribution in [2.24, 2.45) is 0 Å². The van der Waals surface area contributed by atoms with Gasteiger partial charge in [-0.25, -0.2) is 0 Å². The van der Waals surface area contributed by atoms with Crippen molar-refractivity contribution in [2.45, 2.75) is 22.1 Å². The molecule has 2 aromatic rings. The Balaban J connectivity index is 2.02. The molecule has 1 heterocycles. The monoisotopic (exact) mass is 358 g/mol. The van der Waals surface area contributed by atoms with Gasteiger partial charge in [0.05, 0.1) is 18.0 Å². The molecule has 0 spiro atoms. The van der Waals surface area contributed by atoms with Crippen molar-refractivity contribution in [3.05, 3.63) is 58.6 Å². The van der Waals surface area contributed by atoms with Gasteiger partial charge in [0.15, 0.2) is 0 Å². The van der Waals surface area contributed by atoms with Gasteiger partial charge in [0.1, 0.15) is 0 Å². The number of nitrogens with one attached hydrogen (secondary N) is 1. The van der Waals surface area contributed by atoms with Crippen molar-refractivity contribution in [3.8, 4) is 6.07 Å². The van der Waals surface area contributed by atoms with E-state index in [0.717, 1.165) is 15.5 Å². The van der Waals surface area contributed by atoms with Gasteiger partial charge in [0, 0.05) is 25.3 Å². The van der Waals surface area contributed by atoms with Crippen LogP contribution in [0.5, 0.6) is 0 Å². The first-order chi connectivity index (χ1) is 11.2. The molecule has 23 heavy (non-hydrogen) atoms. The zero-order chi connectivity index (χ0) is 16.2. The van der Waals surface area contributed by atoms with Gasteiger partial charge in [-0.05, 0) is 42.8 Å². The normalized spacial score (nSPS) is 14.0. The van der Waals surface area contributed by atoms with Crippen LogP contribution in [0.2, 0.25) is 5.02 Å². The molecule has 1 unspecified atom stereocenters. The maximum Gasteiger partial charge on any atom is 0.0849 e. The number of halogens is 1. The molecule has 0 aromatic heterocycles. The topological polar surface area (TPSA) is 35.8 Å². The number of fused-ring (bicyclic) bond motifs is 2. The second-order valence-electron chi connectivity index (χ2n) is 5.09. The zero-order valence-corrected chi connectivity index (χ0v) is 14.9. The summed E-state index contributed by atoms with van der Waals surface area (Å²) in [6, 6.07) is 16.5. The summed E-state index contributed by atoms with van der Waals surface area (Å²) in [5.41, 5.74) is 2.36. The lowest BCUT2D eigenvalue weighted by molar-refractivity contribution is 0.759. The van der Waals surface area contributed by atoms with Gasteiger partial charge < -0.3 is 0 Å². The fourth-order valence-corrected chi connectivity index (χ4v) is 4.65. The number of hydrogen-bond acceptors (Lipinski definition) is 4. The van der Waals surface area contributed by atoms with Gasteiger partial charge in [-0.1, -0.05) is 41.6 Å². The SMILES string of the molecule is CC(NCC#N)SC1=Cc2ccccc2Sc2ccc(Cl)cc21. The zero-order valence-electron chi connectivity index (χ0n) is 12.5. The van der Waals surface area contributed by atoms with Crippen molar-refractivity contribution >= 4 is 46.1 Å². The maximum atomic E-state index is 8.73. The molecule has 1 N–H and O–H groups in total. The molecule has 0 saturated heterocycles. The van der Waals surface area contributed by atoms with Crippen molar-refractivity contribution < 1.29 is 0 Å². The molecule has 1 atom stereocenters. The molecular weight excluding hydrogens is 344 g/mol. The van der Waals surface area contributed by atoms with Crippen molar-refractivity contribution in [2.75, 3.05) is 6.54 Å². The summed E-state index contributed by atoms with van der Waals surface area (Å²) in [4.78, 5) is 3.60. The third-order valence-electron chi connectivity index (χ3n) is 3.40. The summed E-state index contributed by atoms with van der Waals surface area (Å²) in [5.74, 6) is 0. The highest BCUT2D eigenvalue weighted by Crippen LogP contribution is 2.45. The van der Waals surface area contributed by atoms with E-state index in [1.54, 1.807) is 23.5 Å². The van der Waals surface area contributed by atoms with Crippen LogP contribution in [0.4, 0.5) is 0 Å². The Morgan fingerprint density at radius 3 is 2.91 bits per heavy atom. The number of nitrogens with zero attached hydrogens (tertiary/aromatic N) is 1. The average Bonchev–Trinajstić information content (AvgIpc) is 2.69. The molecule has 2 aromatic carbocycles. The highest BCUT2D eigenvalue weighted by Gasteiger charge is 2.18. The number of thioether (sulfide) groups is 1. The van der Waals surface area contributed by atoms with E-state index >= 15 is 0 Å². The largest absolute Gasteiger partial charge is 0.293 e. The van der Waals surface area contributed by atoms with E-state index in [2.05, 4.69) is 54.7 Å². The van der Waals surface area contributed by atoms with Crippen LogP contribution in [0.15, 0.2) is 52.3 Å². The Bertz CT molecular complexity index is 796. The molecular formula is C18H15ClN2S2. The number of benzene rings is 2. The average molecular weight is 359 g/mol. The van der Waals surface area contributed by atoms with Gasteiger partial charge in [-0.2, -0.15) is 5.26 Å². The first-order valence-corrected chi connectivity index (χ1v) is 9.30. The fraction of sp³-hybridized carbons (Fsp3) is 0.167. The quantitative estimate of drug-likeness (QED) is 0.578. The van der Waals surface area contributed by atoms with Crippen LogP contribution in [-0.4, -0.2) is 11.9 Å². The van der Waals surface area contributed by atoms with E-state index in [0.29, 0.717) is 6.54 Å². The summed E-state index contributed by atoms with van der Waals surface area (Å²) in [5, 5.41) is 12.8. The van der Waals surface area contributed by atoms with Crippen LogP contribution >= 0.6 is 35.1 Å². The highest BCUT2D eigenvalue weighted by molar-refractivity contribution is 8.09. The highest BCUT2D eigenvalue weighted by atomic mass is 35.5. The molecule has 1 aliphatic heterocycles. The van der Waals surface area contributed by atoms with Crippen LogP contribution in [0.3, 0.4) is 0 Å². The Kier molecular flexibility index (Phi) is 5.34. The molecule has 5 heteroatoms. The molecule has 0 saturated carbocycles. The summed E-state index contributed by atoms with van der Waals surface area (Å²) >= 11 is 9.70. The Labute approximate surface area is 149 Å². The first-order valence-electron chi connectivity index (χ1n) is 7.23. The van der Waals surface area contributed by atoms with Gasteiger partial charge in [0.2, 0.25) is 0 Å². The minimum absolute atomic E-state index is 0.142. The van der Waals surface area contributed by atoms with Crippen LogP contribution in [0.1, 0.15) is 18.1 Å². The predicted octanol–water partition coefficient (Wildman–Crippen LogP) is 5.50. The van der Waals surface area contributed by atoms with Crippen LogP contribution < -0.4 is 5.32 Å². The number of hydrogen-bond donors (Lipinski definition) is 1. The Morgan fingerprint density at radius 1 is 1.26 bits per heavy atom. The van der Waals surface area contributed by atoms with Gasteiger partial charge in [-0.3, -0.25) is 5.32 Å². The van der Waals surface area contributed by atoms with Gasteiger partial charge in [-0.15, -0.1) is 11.8 Å². The summed E-state index contributed by atoms with van der Waals surface area (Å²) in [6.07, 6.45) is 2.21. The molecule has 0 fully saturated rings. The lowest BCUT2D eigenvalue weighted by Crippen LogP contribution is -2.22. The minimum Gasteiger partial charge on any atom is -0.293 e. The molecule has 116 valence electrons. The summed E-state index contributed by atoms with van der Waals surface area (Å²) in [7, 11) is 0. The summed E-state index contributed by atoms with van der Waals surface area (Å²) in [6.45, 7) is 2.41. The third-order valence-corrected chi connectivity index (χ3v) is 5.92. The predicted molar refractivity (Wildman–Crippen MR) is 101 cm³/mol. The van der Waals surface area contributed by atoms with Gasteiger partial charge >= 0.3 is 0 Å². The van der Waals surface area contributed by atoms with E-state index in [9.17, 15) is 0 Å². The minimum atomic E-state index is 0.142. The molecule has 0 bridgehead atoms. The maximum absolute atomic E-state index is 8.73. The third kappa shape index (κ3) is 3.94. The Morgan fingerprint density at radius 2 is 2.09 bits per heavy atom. The van der Waals surface area contributed by atoms with Crippen LogP contribution in [0.25, 0.3) is 11.0 Å². The van der Waals surface area contributed by atoms with E-state index in [1.807, 2.05) is 12.1 Å². The standard InChI is InChI=1S/C18H15ClN2S2/c1-12(21-9-8-20)22-18-10-13-4-2-3-5-16(13)23-17-7-6-14(19)11-15(17)18/h2-7,10-12,21H,9H2,1H3. The molecule has 2 nitrogen and oxygen atoms in total. The van der Waals surface area contributed by atoms with Crippen molar-refractivity contribution in [3.63, 3.8) is 0 Å². The molecule has 3 rings (SSSR count). The lowest BCUT2D eigenvalue weighted by Gasteiger charge is -2.15. The van der Waals surface area contributed by atoms with Crippen LogP contribution in [0, 0.1) is 11.3 Å². The molecule has 1 aliphatic rings. The molecule has 0 radical (unpaired) electrons. The van der Waals surface area contributed by atoms with E-state index in [1.165, 1.54) is 15.4 Å². The Hall–Kier alpha value is -1.38. The molecule has 0 aliphatic carbocycles. The second kappa shape index (κ2) is 7.46. The lowest BCUT2D eigenvalue weighted by atomic mass is 10.1. The van der Waals surface area contributed by atoms with Crippen molar-refractivity contribution in [1.82, 2.24) is 5.32 Å². The smallest absolute Gasteiger partial charge is 0.0849 e. The van der Waals surface area contributed by atoms with Crippen LogP contribution in [-0.2, 0) is 0 Å². The van der Waals surface area contributed by atoms with E-state index in [-0.39, 0.29) is 5.37 Å². The first kappa shape index (κ1) is 16.5.